The lowest BCUT2D eigenvalue weighted by molar-refractivity contribution is -0.118. The van der Waals surface area contributed by atoms with Crippen LogP contribution in [0, 0.1) is 5.92 Å². The smallest absolute Gasteiger partial charge is 0.288 e. The summed E-state index contributed by atoms with van der Waals surface area (Å²) in [7, 11) is 0. The minimum absolute atomic E-state index is 0.0370. The second-order valence-corrected chi connectivity index (χ2v) is 5.31. The summed E-state index contributed by atoms with van der Waals surface area (Å²) in [6.45, 7) is 3.82. The number of nitrogens with two attached hydrogens (primary N) is 1. The highest BCUT2D eigenvalue weighted by molar-refractivity contribution is 7.99. The van der Waals surface area contributed by atoms with Gasteiger partial charge in [0.25, 0.3) is 5.76 Å². The number of rotatable bonds is 6. The number of nitrogens with one attached hydrogen (secondary N) is 1. The third kappa shape index (κ3) is 4.80. The lowest BCUT2D eigenvalue weighted by Gasteiger charge is -2.18. The summed E-state index contributed by atoms with van der Waals surface area (Å²) in [6, 6.07) is 5.82. The van der Waals surface area contributed by atoms with Crippen LogP contribution < -0.4 is 11.1 Å². The van der Waals surface area contributed by atoms with Crippen molar-refractivity contribution in [1.82, 2.24) is 0 Å². The van der Waals surface area contributed by atoms with Gasteiger partial charge in [-0.05, 0) is 18.1 Å². The molecule has 0 saturated heterocycles. The number of thioether (sulfide) groups is 1. The van der Waals surface area contributed by atoms with Crippen LogP contribution in [-0.4, -0.2) is 17.7 Å². The second kappa shape index (κ2) is 7.45. The molecule has 0 saturated carbocycles. The van der Waals surface area contributed by atoms with Crippen LogP contribution in [0.4, 0.5) is 14.5 Å². The Balaban J connectivity index is 2.79. The molecule has 0 radical (unpaired) electrons. The van der Waals surface area contributed by atoms with E-state index in [1.807, 2.05) is 13.8 Å². The molecule has 3 nitrogen and oxygen atoms in total. The predicted molar refractivity (Wildman–Crippen MR) is 74.4 cm³/mol. The van der Waals surface area contributed by atoms with Gasteiger partial charge in [0.2, 0.25) is 5.91 Å². The molecule has 0 unspecified atom stereocenters. The van der Waals surface area contributed by atoms with Crippen molar-refractivity contribution >= 4 is 23.4 Å². The highest BCUT2D eigenvalue weighted by Crippen LogP contribution is 2.31. The van der Waals surface area contributed by atoms with Gasteiger partial charge in [0.15, 0.2) is 0 Å². The van der Waals surface area contributed by atoms with Crippen LogP contribution in [0.25, 0.3) is 0 Å². The molecule has 19 heavy (non-hydrogen) atoms. The average molecular weight is 288 g/mol. The zero-order chi connectivity index (χ0) is 14.4. The molecule has 2 atom stereocenters. The van der Waals surface area contributed by atoms with E-state index in [2.05, 4.69) is 5.32 Å². The first-order valence-electron chi connectivity index (χ1n) is 6.06. The van der Waals surface area contributed by atoms with Gasteiger partial charge in [-0.1, -0.05) is 44.2 Å². The fourth-order valence-electron chi connectivity index (χ4n) is 1.50. The number of hydrogen-bond donors (Lipinski definition) is 2. The summed E-state index contributed by atoms with van der Waals surface area (Å²) >= 11 is 0.404. The highest BCUT2D eigenvalue weighted by Gasteiger charge is 2.20. The van der Waals surface area contributed by atoms with E-state index in [-0.39, 0.29) is 11.8 Å². The quantitative estimate of drug-likeness (QED) is 0.790. The number of para-hydroxylation sites is 1. The number of anilines is 1. The number of carbonyl (C=O) groups is 1. The van der Waals surface area contributed by atoms with Crippen LogP contribution in [0.5, 0.6) is 0 Å². The second-order valence-electron chi connectivity index (χ2n) is 4.28. The molecule has 0 aliphatic heterocycles. The lowest BCUT2D eigenvalue weighted by atomic mass is 9.99. The van der Waals surface area contributed by atoms with Gasteiger partial charge in [0.1, 0.15) is 0 Å². The largest absolute Gasteiger partial charge is 0.324 e. The van der Waals surface area contributed by atoms with Crippen LogP contribution in [0.15, 0.2) is 29.2 Å². The first-order valence-corrected chi connectivity index (χ1v) is 6.94. The molecule has 0 spiro atoms. The fourth-order valence-corrected chi connectivity index (χ4v) is 2.09. The van der Waals surface area contributed by atoms with Gasteiger partial charge in [-0.15, -0.1) is 0 Å². The molecule has 0 aromatic heterocycles. The maximum absolute atomic E-state index is 12.4. The third-order valence-electron chi connectivity index (χ3n) is 2.92. The summed E-state index contributed by atoms with van der Waals surface area (Å²) in [5, 5.41) is 2.61. The Hall–Kier alpha value is -1.14. The lowest BCUT2D eigenvalue weighted by Crippen LogP contribution is -2.40. The first kappa shape index (κ1) is 15.9. The molecule has 1 aromatic carbocycles. The topological polar surface area (TPSA) is 55.1 Å². The van der Waals surface area contributed by atoms with E-state index >= 15 is 0 Å². The van der Waals surface area contributed by atoms with Gasteiger partial charge in [0, 0.05) is 4.90 Å². The van der Waals surface area contributed by atoms with Crippen molar-refractivity contribution in [3.63, 3.8) is 0 Å². The third-order valence-corrected chi connectivity index (χ3v) is 3.71. The SMILES string of the molecule is CC[C@H](C)[C@H](N)C(=O)Nc1ccccc1SC(F)F. The Morgan fingerprint density at radius 1 is 1.42 bits per heavy atom. The maximum Gasteiger partial charge on any atom is 0.288 e. The van der Waals surface area contributed by atoms with Crippen LogP contribution in [0.2, 0.25) is 0 Å². The van der Waals surface area contributed by atoms with Gasteiger partial charge in [-0.25, -0.2) is 0 Å². The van der Waals surface area contributed by atoms with Crippen molar-refractivity contribution in [3.05, 3.63) is 24.3 Å². The van der Waals surface area contributed by atoms with Crippen molar-refractivity contribution in [2.75, 3.05) is 5.32 Å². The molecule has 6 heteroatoms. The first-order chi connectivity index (χ1) is 8.95. The minimum Gasteiger partial charge on any atom is -0.324 e. The van der Waals surface area contributed by atoms with E-state index in [0.717, 1.165) is 6.42 Å². The monoisotopic (exact) mass is 288 g/mol. The van der Waals surface area contributed by atoms with Gasteiger partial charge in [-0.3, -0.25) is 4.79 Å². The summed E-state index contributed by atoms with van der Waals surface area (Å²) < 4.78 is 24.8. The van der Waals surface area contributed by atoms with Gasteiger partial charge in [-0.2, -0.15) is 8.78 Å². The van der Waals surface area contributed by atoms with E-state index in [0.29, 0.717) is 22.3 Å². The summed E-state index contributed by atoms with van der Waals surface area (Å²) in [5.41, 5.74) is 6.18. The molecule has 1 rings (SSSR count). The number of hydrogen-bond acceptors (Lipinski definition) is 3. The van der Waals surface area contributed by atoms with E-state index in [1.54, 1.807) is 24.3 Å². The van der Waals surface area contributed by atoms with Gasteiger partial charge >= 0.3 is 0 Å². The van der Waals surface area contributed by atoms with Crippen molar-refractivity contribution < 1.29 is 13.6 Å². The number of amides is 1. The molecule has 3 N–H and O–H groups in total. The molecule has 0 aliphatic carbocycles. The van der Waals surface area contributed by atoms with Crippen molar-refractivity contribution in [2.45, 2.75) is 37.0 Å². The highest BCUT2D eigenvalue weighted by atomic mass is 32.2. The predicted octanol–water partition coefficient (Wildman–Crippen LogP) is 3.31. The number of benzene rings is 1. The molecule has 0 heterocycles. The zero-order valence-electron chi connectivity index (χ0n) is 10.9. The van der Waals surface area contributed by atoms with E-state index < -0.39 is 11.8 Å². The van der Waals surface area contributed by atoms with Crippen LogP contribution in [0.1, 0.15) is 20.3 Å². The van der Waals surface area contributed by atoms with E-state index in [1.165, 1.54) is 0 Å². The summed E-state index contributed by atoms with van der Waals surface area (Å²) in [4.78, 5) is 12.3. The molecule has 1 aromatic rings. The summed E-state index contributed by atoms with van der Waals surface area (Å²) in [5.74, 6) is -2.84. The molecule has 106 valence electrons. The Labute approximate surface area is 115 Å². The Morgan fingerprint density at radius 2 is 2.05 bits per heavy atom. The van der Waals surface area contributed by atoms with Crippen molar-refractivity contribution in [1.29, 1.82) is 0 Å². The number of alkyl halides is 2. The van der Waals surface area contributed by atoms with Crippen LogP contribution in [0.3, 0.4) is 0 Å². The van der Waals surface area contributed by atoms with E-state index in [9.17, 15) is 13.6 Å². The Bertz CT molecular complexity index is 429. The summed E-state index contributed by atoms with van der Waals surface area (Å²) in [6.07, 6.45) is 0.780. The normalized spacial score (nSPS) is 14.2. The Kier molecular flexibility index (Phi) is 6.24. The number of carbonyl (C=O) groups excluding carboxylic acids is 1. The van der Waals surface area contributed by atoms with Gasteiger partial charge in [0.05, 0.1) is 11.7 Å². The number of halogens is 2. The molecule has 0 bridgehead atoms. The van der Waals surface area contributed by atoms with Crippen LogP contribution >= 0.6 is 11.8 Å². The standard InChI is InChI=1S/C13H18F2N2OS/c1-3-8(2)11(16)12(18)17-9-6-4-5-7-10(9)19-13(14)15/h4-8,11,13H,3,16H2,1-2H3,(H,17,18)/t8-,11-/m0/s1. The average Bonchev–Trinajstić information content (AvgIpc) is 2.38. The zero-order valence-corrected chi connectivity index (χ0v) is 11.7. The molecule has 0 fully saturated rings. The fraction of sp³-hybridized carbons (Fsp3) is 0.462. The minimum atomic E-state index is -2.53. The van der Waals surface area contributed by atoms with Gasteiger partial charge < -0.3 is 11.1 Å². The van der Waals surface area contributed by atoms with E-state index in [4.69, 9.17) is 5.73 Å². The van der Waals surface area contributed by atoms with Crippen molar-refractivity contribution in [3.8, 4) is 0 Å². The molecule has 0 aliphatic rings. The maximum atomic E-state index is 12.4. The molecular formula is C13H18F2N2OS. The van der Waals surface area contributed by atoms with Crippen molar-refractivity contribution in [2.24, 2.45) is 11.7 Å². The molecular weight excluding hydrogens is 270 g/mol. The molecule has 1 amide bonds. The Morgan fingerprint density at radius 3 is 2.63 bits per heavy atom. The van der Waals surface area contributed by atoms with Crippen LogP contribution in [-0.2, 0) is 4.79 Å².